The predicted molar refractivity (Wildman–Crippen MR) is 90.0 cm³/mol. The quantitative estimate of drug-likeness (QED) is 0.538. The van der Waals surface area contributed by atoms with Gasteiger partial charge in [-0.15, -0.1) is 0 Å². The van der Waals surface area contributed by atoms with E-state index in [9.17, 15) is 9.90 Å². The standard InChI is InChI=1S/C16H17N3O6/c1-23-13-7-10(8-14(24-2)15(13)25-3)19-18-9-4-5-12(20)11(6-9)17-16(21)22/h4-8,17,20H,1-3H3,(H,21,22)/b19-18+. The molecule has 3 N–H and O–H groups in total. The Morgan fingerprint density at radius 3 is 2.08 bits per heavy atom. The van der Waals surface area contributed by atoms with Gasteiger partial charge in [0.25, 0.3) is 0 Å². The number of aromatic hydroxyl groups is 1. The number of benzene rings is 2. The summed E-state index contributed by atoms with van der Waals surface area (Å²) >= 11 is 0. The maximum atomic E-state index is 10.7. The van der Waals surface area contributed by atoms with Crippen molar-refractivity contribution in [1.29, 1.82) is 0 Å². The van der Waals surface area contributed by atoms with E-state index in [1.54, 1.807) is 12.1 Å². The topological polar surface area (TPSA) is 122 Å². The highest BCUT2D eigenvalue weighted by Crippen LogP contribution is 2.41. The number of carbonyl (C=O) groups is 1. The fourth-order valence-electron chi connectivity index (χ4n) is 2.04. The van der Waals surface area contributed by atoms with E-state index in [0.29, 0.717) is 28.6 Å². The van der Waals surface area contributed by atoms with Crippen LogP contribution in [0.15, 0.2) is 40.6 Å². The molecule has 9 heteroatoms. The van der Waals surface area contributed by atoms with Crippen molar-refractivity contribution in [3.05, 3.63) is 30.3 Å². The molecule has 0 aromatic heterocycles. The third kappa shape index (κ3) is 4.28. The van der Waals surface area contributed by atoms with Crippen LogP contribution in [-0.2, 0) is 0 Å². The van der Waals surface area contributed by atoms with Crippen LogP contribution in [0.5, 0.6) is 23.0 Å². The Bertz CT molecular complexity index is 781. The number of carboxylic acid groups (broad SMARTS) is 1. The van der Waals surface area contributed by atoms with Gasteiger partial charge in [-0.05, 0) is 18.2 Å². The summed E-state index contributed by atoms with van der Waals surface area (Å²) in [6.07, 6.45) is -1.30. The van der Waals surface area contributed by atoms with Crippen LogP contribution in [0, 0.1) is 0 Å². The number of hydrogen-bond donors (Lipinski definition) is 3. The number of amides is 1. The number of anilines is 1. The van der Waals surface area contributed by atoms with Crippen LogP contribution in [0.2, 0.25) is 0 Å². The molecule has 0 saturated heterocycles. The Labute approximate surface area is 143 Å². The molecule has 2 rings (SSSR count). The molecule has 0 saturated carbocycles. The van der Waals surface area contributed by atoms with Crippen molar-refractivity contribution in [3.63, 3.8) is 0 Å². The number of hydrogen-bond acceptors (Lipinski definition) is 7. The van der Waals surface area contributed by atoms with E-state index >= 15 is 0 Å². The van der Waals surface area contributed by atoms with Gasteiger partial charge in [-0.3, -0.25) is 5.32 Å². The molecule has 0 fully saturated rings. The van der Waals surface area contributed by atoms with Crippen LogP contribution < -0.4 is 19.5 Å². The van der Waals surface area contributed by atoms with Gasteiger partial charge < -0.3 is 24.4 Å². The number of nitrogens with one attached hydrogen (secondary N) is 1. The third-order valence-electron chi connectivity index (χ3n) is 3.15. The Balaban J connectivity index is 2.34. The van der Waals surface area contributed by atoms with Gasteiger partial charge in [0.15, 0.2) is 11.5 Å². The van der Waals surface area contributed by atoms with Gasteiger partial charge >= 0.3 is 6.09 Å². The molecule has 0 atom stereocenters. The Morgan fingerprint density at radius 2 is 1.56 bits per heavy atom. The zero-order valence-corrected chi connectivity index (χ0v) is 13.8. The predicted octanol–water partition coefficient (Wildman–Crippen LogP) is 3.92. The van der Waals surface area contributed by atoms with E-state index in [0.717, 1.165) is 0 Å². The summed E-state index contributed by atoms with van der Waals surface area (Å²) in [6.45, 7) is 0. The van der Waals surface area contributed by atoms with Gasteiger partial charge in [-0.2, -0.15) is 10.2 Å². The average molecular weight is 347 g/mol. The lowest BCUT2D eigenvalue weighted by Gasteiger charge is -2.12. The Morgan fingerprint density at radius 1 is 0.960 bits per heavy atom. The van der Waals surface area contributed by atoms with E-state index in [-0.39, 0.29) is 11.4 Å². The van der Waals surface area contributed by atoms with Crippen molar-refractivity contribution in [1.82, 2.24) is 0 Å². The van der Waals surface area contributed by atoms with Crippen LogP contribution >= 0.6 is 0 Å². The zero-order chi connectivity index (χ0) is 18.4. The molecular formula is C16H17N3O6. The highest BCUT2D eigenvalue weighted by molar-refractivity contribution is 5.86. The lowest BCUT2D eigenvalue weighted by Crippen LogP contribution is -2.06. The summed E-state index contributed by atoms with van der Waals surface area (Å²) in [6, 6.07) is 7.38. The van der Waals surface area contributed by atoms with Crippen molar-refractivity contribution in [2.24, 2.45) is 10.2 Å². The first-order valence-electron chi connectivity index (χ1n) is 7.03. The van der Waals surface area contributed by atoms with E-state index in [1.807, 2.05) is 0 Å². The van der Waals surface area contributed by atoms with Gasteiger partial charge in [-0.25, -0.2) is 4.79 Å². The normalized spacial score (nSPS) is 10.5. The monoisotopic (exact) mass is 347 g/mol. The second kappa shape index (κ2) is 7.86. The molecule has 0 unspecified atom stereocenters. The summed E-state index contributed by atoms with van der Waals surface area (Å²) in [5, 5.41) is 28.5. The van der Waals surface area contributed by atoms with Crippen molar-refractivity contribution in [3.8, 4) is 23.0 Å². The lowest BCUT2D eigenvalue weighted by atomic mass is 10.2. The van der Waals surface area contributed by atoms with Crippen LogP contribution in [-0.4, -0.2) is 37.6 Å². The van der Waals surface area contributed by atoms with Gasteiger partial charge in [0.1, 0.15) is 5.75 Å². The van der Waals surface area contributed by atoms with Crippen LogP contribution in [0.25, 0.3) is 0 Å². The summed E-state index contributed by atoms with van der Waals surface area (Å²) in [5.41, 5.74) is 0.791. The molecule has 0 aliphatic carbocycles. The summed E-state index contributed by atoms with van der Waals surface area (Å²) in [5.74, 6) is 1.07. The molecule has 0 heterocycles. The average Bonchev–Trinajstić information content (AvgIpc) is 2.60. The third-order valence-corrected chi connectivity index (χ3v) is 3.15. The Hall–Kier alpha value is -3.49. The van der Waals surface area contributed by atoms with Crippen molar-refractivity contribution in [2.45, 2.75) is 0 Å². The first-order chi connectivity index (χ1) is 12.0. The molecule has 9 nitrogen and oxygen atoms in total. The number of methoxy groups -OCH3 is 3. The number of phenols is 1. The maximum Gasteiger partial charge on any atom is 0.409 e. The van der Waals surface area contributed by atoms with E-state index < -0.39 is 6.09 Å². The maximum absolute atomic E-state index is 10.7. The van der Waals surface area contributed by atoms with Crippen molar-refractivity contribution in [2.75, 3.05) is 26.6 Å². The lowest BCUT2D eigenvalue weighted by molar-refractivity contribution is 0.209. The van der Waals surface area contributed by atoms with Gasteiger partial charge in [-0.1, -0.05) is 0 Å². The molecule has 1 amide bonds. The smallest absolute Gasteiger partial charge is 0.409 e. The minimum Gasteiger partial charge on any atom is -0.506 e. The fraction of sp³-hybridized carbons (Fsp3) is 0.188. The molecule has 2 aromatic carbocycles. The highest BCUT2D eigenvalue weighted by Gasteiger charge is 2.13. The van der Waals surface area contributed by atoms with Crippen LogP contribution in [0.4, 0.5) is 21.9 Å². The minimum atomic E-state index is -1.30. The first kappa shape index (κ1) is 17.9. The molecule has 0 radical (unpaired) electrons. The minimum absolute atomic E-state index is 0.00819. The van der Waals surface area contributed by atoms with Crippen molar-refractivity contribution < 1.29 is 29.2 Å². The van der Waals surface area contributed by atoms with Crippen LogP contribution in [0.3, 0.4) is 0 Å². The second-order valence-corrected chi connectivity index (χ2v) is 4.72. The van der Waals surface area contributed by atoms with Gasteiger partial charge in [0.2, 0.25) is 5.75 Å². The number of azo groups is 1. The number of phenolic OH excluding ortho intramolecular Hbond substituents is 1. The molecule has 132 valence electrons. The Kier molecular flexibility index (Phi) is 5.62. The van der Waals surface area contributed by atoms with Gasteiger partial charge in [0, 0.05) is 12.1 Å². The number of ether oxygens (including phenoxy) is 3. The number of rotatable bonds is 6. The molecule has 25 heavy (non-hydrogen) atoms. The van der Waals surface area contributed by atoms with E-state index in [2.05, 4.69) is 15.5 Å². The fourth-order valence-corrected chi connectivity index (χ4v) is 2.04. The molecule has 0 aliphatic rings. The SMILES string of the molecule is COc1cc(/N=N/c2ccc(O)c(NC(=O)O)c2)cc(OC)c1OC. The summed E-state index contributed by atoms with van der Waals surface area (Å²) in [4.78, 5) is 10.7. The van der Waals surface area contributed by atoms with E-state index in [1.165, 1.54) is 39.5 Å². The number of nitrogens with zero attached hydrogens (tertiary/aromatic N) is 2. The van der Waals surface area contributed by atoms with Gasteiger partial charge in [0.05, 0.1) is 38.4 Å². The first-order valence-corrected chi connectivity index (χ1v) is 7.03. The molecular weight excluding hydrogens is 330 g/mol. The molecule has 0 aliphatic heterocycles. The molecule has 0 bridgehead atoms. The van der Waals surface area contributed by atoms with Crippen molar-refractivity contribution >= 4 is 23.2 Å². The van der Waals surface area contributed by atoms with E-state index in [4.69, 9.17) is 19.3 Å². The molecule has 0 spiro atoms. The summed E-state index contributed by atoms with van der Waals surface area (Å²) < 4.78 is 15.7. The zero-order valence-electron chi connectivity index (χ0n) is 13.8. The van der Waals surface area contributed by atoms with Crippen LogP contribution in [0.1, 0.15) is 0 Å². The highest BCUT2D eigenvalue weighted by atomic mass is 16.5. The largest absolute Gasteiger partial charge is 0.506 e. The summed E-state index contributed by atoms with van der Waals surface area (Å²) in [7, 11) is 4.47. The second-order valence-electron chi connectivity index (χ2n) is 4.72. The molecule has 2 aromatic rings.